The molecule has 1 aromatic heterocycles. The van der Waals surface area contributed by atoms with Gasteiger partial charge in [-0.3, -0.25) is 0 Å². The zero-order valence-corrected chi connectivity index (χ0v) is 13.4. The van der Waals surface area contributed by atoms with E-state index in [9.17, 15) is 23.3 Å². The van der Waals surface area contributed by atoms with Gasteiger partial charge in [0.05, 0.1) is 6.54 Å². The first-order valence-corrected chi connectivity index (χ1v) is 7.40. The van der Waals surface area contributed by atoms with Crippen molar-refractivity contribution in [3.63, 3.8) is 0 Å². The van der Waals surface area contributed by atoms with Gasteiger partial charge in [0.25, 0.3) is 0 Å². The van der Waals surface area contributed by atoms with Crippen LogP contribution >= 0.6 is 0 Å². The average Bonchev–Trinajstić information content (AvgIpc) is 2.96. The summed E-state index contributed by atoms with van der Waals surface area (Å²) in [6.45, 7) is 2.15. The largest absolute Gasteiger partial charge is 0.573 e. The normalized spacial score (nSPS) is 19.4. The number of aromatic nitrogens is 3. The van der Waals surface area contributed by atoms with Gasteiger partial charge in [0.15, 0.2) is 0 Å². The smallest absolute Gasteiger partial charge is 0.489 e. The van der Waals surface area contributed by atoms with Crippen LogP contribution in [-0.2, 0) is 6.54 Å². The van der Waals surface area contributed by atoms with E-state index in [1.807, 2.05) is 0 Å². The lowest BCUT2D eigenvalue weighted by molar-refractivity contribution is -0.394. The Balaban J connectivity index is 1.61. The molecule has 1 unspecified atom stereocenters. The molecule has 1 aliphatic rings. The summed E-state index contributed by atoms with van der Waals surface area (Å²) < 4.78 is 52.7. The minimum atomic E-state index is -4.76. The zero-order chi connectivity index (χ0) is 18.9. The van der Waals surface area contributed by atoms with Gasteiger partial charge in [0.1, 0.15) is 23.7 Å². The molecular weight excluding hydrogens is 361 g/mol. The quantitative estimate of drug-likeness (QED) is 0.586. The lowest BCUT2D eigenvalue weighted by Gasteiger charge is -2.31. The third kappa shape index (κ3) is 4.13. The molecule has 3 rings (SSSR count). The van der Waals surface area contributed by atoms with E-state index in [1.165, 1.54) is 16.8 Å². The van der Waals surface area contributed by atoms with Crippen LogP contribution in [-0.4, -0.2) is 38.3 Å². The summed E-state index contributed by atoms with van der Waals surface area (Å²) in [5.74, 6) is -0.585. The number of benzene rings is 1. The summed E-state index contributed by atoms with van der Waals surface area (Å²) in [6, 6.07) is 4.95. The second kappa shape index (κ2) is 6.35. The van der Waals surface area contributed by atoms with Gasteiger partial charge in [-0.1, -0.05) is 0 Å². The van der Waals surface area contributed by atoms with Gasteiger partial charge in [-0.05, 0) is 41.1 Å². The second-order valence-electron chi connectivity index (χ2n) is 5.78. The number of aryl methyl sites for hydroxylation is 1. The van der Waals surface area contributed by atoms with Gasteiger partial charge in [-0.2, -0.15) is 0 Å². The SMILES string of the molecule is CC1(COc2ccc(OC(F)(F)F)cc2)CCn2nc([N+](=O)[O-])nc2O1. The van der Waals surface area contributed by atoms with Crippen molar-refractivity contribution in [1.29, 1.82) is 0 Å². The van der Waals surface area contributed by atoms with Crippen molar-refractivity contribution in [2.45, 2.75) is 31.9 Å². The molecule has 9 nitrogen and oxygen atoms in total. The lowest BCUT2D eigenvalue weighted by Crippen LogP contribution is -2.43. The van der Waals surface area contributed by atoms with Gasteiger partial charge >= 0.3 is 18.3 Å². The number of fused-ring (bicyclic) bond motifs is 1. The minimum absolute atomic E-state index is 0.0166. The molecule has 0 bridgehead atoms. The number of nitrogens with zero attached hydrogens (tertiary/aromatic N) is 4. The molecule has 140 valence electrons. The fourth-order valence-electron chi connectivity index (χ4n) is 2.30. The molecule has 0 saturated heterocycles. The van der Waals surface area contributed by atoms with Gasteiger partial charge in [0.2, 0.25) is 0 Å². The van der Waals surface area contributed by atoms with Crippen LogP contribution in [0.25, 0.3) is 0 Å². The van der Waals surface area contributed by atoms with Crippen LogP contribution in [0.5, 0.6) is 17.5 Å². The molecular formula is C14H13F3N4O5. The molecule has 1 atom stereocenters. The molecule has 0 radical (unpaired) electrons. The first kappa shape index (κ1) is 17.8. The highest BCUT2D eigenvalue weighted by Gasteiger charge is 2.38. The molecule has 0 spiro atoms. The first-order chi connectivity index (χ1) is 12.1. The van der Waals surface area contributed by atoms with Crippen molar-refractivity contribution in [3.8, 4) is 17.5 Å². The van der Waals surface area contributed by atoms with E-state index in [0.29, 0.717) is 18.7 Å². The number of hydrogen-bond donors (Lipinski definition) is 0. The highest BCUT2D eigenvalue weighted by molar-refractivity contribution is 5.31. The third-order valence-corrected chi connectivity index (χ3v) is 3.58. The monoisotopic (exact) mass is 374 g/mol. The number of nitro groups is 1. The topological polar surface area (TPSA) is 102 Å². The van der Waals surface area contributed by atoms with Crippen molar-refractivity contribution < 1.29 is 32.3 Å². The van der Waals surface area contributed by atoms with Crippen molar-refractivity contribution in [3.05, 3.63) is 34.4 Å². The van der Waals surface area contributed by atoms with E-state index in [-0.39, 0.29) is 18.4 Å². The van der Waals surface area contributed by atoms with E-state index in [0.717, 1.165) is 12.1 Å². The number of alkyl halides is 3. The summed E-state index contributed by atoms with van der Waals surface area (Å²) in [7, 11) is 0. The van der Waals surface area contributed by atoms with Crippen LogP contribution < -0.4 is 14.2 Å². The summed E-state index contributed by atoms with van der Waals surface area (Å²) in [4.78, 5) is 13.7. The van der Waals surface area contributed by atoms with Crippen LogP contribution in [0, 0.1) is 10.1 Å². The van der Waals surface area contributed by atoms with Crippen LogP contribution in [0.1, 0.15) is 13.3 Å². The molecule has 0 saturated carbocycles. The van der Waals surface area contributed by atoms with E-state index >= 15 is 0 Å². The number of ether oxygens (including phenoxy) is 3. The van der Waals surface area contributed by atoms with Crippen LogP contribution in [0.4, 0.5) is 19.1 Å². The van der Waals surface area contributed by atoms with Gasteiger partial charge in [0, 0.05) is 11.5 Å². The molecule has 12 heteroatoms. The Labute approximate surface area is 144 Å². The van der Waals surface area contributed by atoms with Crippen LogP contribution in [0.15, 0.2) is 24.3 Å². The Bertz CT molecular complexity index is 808. The second-order valence-corrected chi connectivity index (χ2v) is 5.78. The Morgan fingerprint density at radius 3 is 2.62 bits per heavy atom. The van der Waals surface area contributed by atoms with E-state index in [2.05, 4.69) is 14.8 Å². The zero-order valence-electron chi connectivity index (χ0n) is 13.4. The maximum absolute atomic E-state index is 12.1. The summed E-state index contributed by atoms with van der Waals surface area (Å²) in [5.41, 5.74) is -0.821. The highest BCUT2D eigenvalue weighted by atomic mass is 19.4. The molecule has 0 amide bonds. The maximum Gasteiger partial charge on any atom is 0.573 e. The molecule has 0 N–H and O–H groups in total. The van der Waals surface area contributed by atoms with Crippen molar-refractivity contribution in [1.82, 2.24) is 14.8 Å². The Hall–Kier alpha value is -3.05. The van der Waals surface area contributed by atoms with Crippen molar-refractivity contribution >= 4 is 5.95 Å². The predicted octanol–water partition coefficient (Wildman–Crippen LogP) is 2.71. The van der Waals surface area contributed by atoms with Gasteiger partial charge in [-0.15, -0.1) is 17.9 Å². The fourth-order valence-corrected chi connectivity index (χ4v) is 2.30. The Kier molecular flexibility index (Phi) is 4.34. The molecule has 0 fully saturated rings. The predicted molar refractivity (Wildman–Crippen MR) is 78.9 cm³/mol. The highest BCUT2D eigenvalue weighted by Crippen LogP contribution is 2.30. The average molecular weight is 374 g/mol. The van der Waals surface area contributed by atoms with E-state index in [4.69, 9.17) is 9.47 Å². The van der Waals surface area contributed by atoms with E-state index in [1.54, 1.807) is 6.92 Å². The molecule has 1 aromatic carbocycles. The van der Waals surface area contributed by atoms with Crippen molar-refractivity contribution in [2.75, 3.05) is 6.61 Å². The standard InChI is InChI=1S/C14H13F3N4O5/c1-13(6-7-20-12(26-13)18-11(19-20)21(22)23)8-24-9-2-4-10(5-3-9)25-14(15,16)17/h2-5H,6-8H2,1H3. The third-order valence-electron chi connectivity index (χ3n) is 3.58. The minimum Gasteiger partial charge on any atom is -0.489 e. The molecule has 1 aliphatic heterocycles. The Morgan fingerprint density at radius 1 is 1.35 bits per heavy atom. The van der Waals surface area contributed by atoms with Crippen LogP contribution in [0.2, 0.25) is 0 Å². The first-order valence-electron chi connectivity index (χ1n) is 7.40. The Morgan fingerprint density at radius 2 is 2.00 bits per heavy atom. The van der Waals surface area contributed by atoms with Crippen LogP contribution in [0.3, 0.4) is 0 Å². The van der Waals surface area contributed by atoms with Gasteiger partial charge in [-0.25, -0.2) is 0 Å². The molecule has 2 aromatic rings. The summed E-state index contributed by atoms with van der Waals surface area (Å²) >= 11 is 0. The van der Waals surface area contributed by atoms with Crippen molar-refractivity contribution in [2.24, 2.45) is 0 Å². The maximum atomic E-state index is 12.1. The number of hydrogen-bond acceptors (Lipinski definition) is 7. The number of halogens is 3. The molecule has 2 heterocycles. The van der Waals surface area contributed by atoms with Gasteiger partial charge < -0.3 is 24.3 Å². The summed E-state index contributed by atoms with van der Waals surface area (Å²) in [6.07, 6.45) is -4.31. The van der Waals surface area contributed by atoms with E-state index < -0.39 is 22.8 Å². The lowest BCUT2D eigenvalue weighted by atomic mass is 10.0. The molecule has 26 heavy (non-hydrogen) atoms. The number of rotatable bonds is 5. The fraction of sp³-hybridized carbons (Fsp3) is 0.429. The molecule has 0 aliphatic carbocycles. The summed E-state index contributed by atoms with van der Waals surface area (Å²) in [5, 5.41) is 14.4.